The van der Waals surface area contributed by atoms with E-state index in [4.69, 9.17) is 0 Å². The first kappa shape index (κ1) is 21.5. The molecular weight excluding hydrogens is 490 g/mol. The number of hydrogen-bond donors (Lipinski definition) is 2. The fourth-order valence-corrected chi connectivity index (χ4v) is 5.79. The van der Waals surface area contributed by atoms with Gasteiger partial charge >= 0.3 is 5.91 Å². The van der Waals surface area contributed by atoms with Gasteiger partial charge in [-0.25, -0.2) is 9.98 Å². The number of rotatable bonds is 3. The summed E-state index contributed by atoms with van der Waals surface area (Å²) in [7, 11) is 2.08. The number of thiazole rings is 1. The molecule has 1 saturated carbocycles. The molecule has 2 aromatic heterocycles. The van der Waals surface area contributed by atoms with Gasteiger partial charge in [0, 0.05) is 45.5 Å². The van der Waals surface area contributed by atoms with Gasteiger partial charge in [-0.3, -0.25) is 9.59 Å². The Bertz CT molecular complexity index is 1230. The van der Waals surface area contributed by atoms with E-state index in [0.717, 1.165) is 70.4 Å². The largest absolute Gasteiger partial charge is 0.351 e. The van der Waals surface area contributed by atoms with E-state index in [9.17, 15) is 9.59 Å². The van der Waals surface area contributed by atoms with Crippen LogP contribution >= 0.6 is 27.3 Å². The molecule has 7 nitrogen and oxygen atoms in total. The van der Waals surface area contributed by atoms with Crippen LogP contribution in [0.4, 0.5) is 0 Å². The summed E-state index contributed by atoms with van der Waals surface area (Å²) >= 11 is 4.91. The van der Waals surface area contributed by atoms with Gasteiger partial charge < -0.3 is 15.2 Å². The summed E-state index contributed by atoms with van der Waals surface area (Å²) in [6, 6.07) is 7.46. The first-order valence-electron chi connectivity index (χ1n) is 10.8. The third kappa shape index (κ3) is 4.42. The highest BCUT2D eigenvalue weighted by molar-refractivity contribution is 9.10. The van der Waals surface area contributed by atoms with Gasteiger partial charge in [-0.1, -0.05) is 22.4 Å². The van der Waals surface area contributed by atoms with Crippen molar-refractivity contribution >= 4 is 55.7 Å². The summed E-state index contributed by atoms with van der Waals surface area (Å²) in [5.41, 5.74) is 3.19. The monoisotopic (exact) mass is 513 g/mol. The number of halogens is 1. The van der Waals surface area contributed by atoms with Crippen molar-refractivity contribution in [2.45, 2.75) is 44.7 Å². The Morgan fingerprint density at radius 1 is 1.28 bits per heavy atom. The molecule has 1 fully saturated rings. The molecule has 1 aliphatic carbocycles. The number of aliphatic imine (C=N–C) groups is 1. The molecule has 9 heteroatoms. The SMILES string of the molecule is CN1CCc2nc(C(=O)N=C3CCCC[C@@H]3NC(=O)c3cc4cc(Br)ccc4[nH]3)sc2C1. The first-order chi connectivity index (χ1) is 15.5. The third-order valence-corrected chi connectivity index (χ3v) is 7.62. The number of aromatic amines is 1. The maximum Gasteiger partial charge on any atom is 0.305 e. The van der Waals surface area contributed by atoms with Crippen molar-refractivity contribution in [3.63, 3.8) is 0 Å². The van der Waals surface area contributed by atoms with Crippen LogP contribution in [0.3, 0.4) is 0 Å². The minimum Gasteiger partial charge on any atom is -0.351 e. The molecule has 3 aromatic rings. The maximum absolute atomic E-state index is 12.9. The second-order valence-corrected chi connectivity index (χ2v) is 10.5. The van der Waals surface area contributed by atoms with Crippen molar-refractivity contribution in [2.24, 2.45) is 4.99 Å². The van der Waals surface area contributed by atoms with Crippen molar-refractivity contribution in [1.29, 1.82) is 0 Å². The molecule has 166 valence electrons. The summed E-state index contributed by atoms with van der Waals surface area (Å²) < 4.78 is 0.965. The Morgan fingerprint density at radius 2 is 2.16 bits per heavy atom. The van der Waals surface area contributed by atoms with Crippen LogP contribution in [0.25, 0.3) is 10.9 Å². The number of nitrogens with one attached hydrogen (secondary N) is 2. The van der Waals surface area contributed by atoms with Crippen molar-refractivity contribution in [2.75, 3.05) is 13.6 Å². The van der Waals surface area contributed by atoms with Gasteiger partial charge in [0.05, 0.1) is 11.7 Å². The molecule has 2 aliphatic rings. The van der Waals surface area contributed by atoms with Crippen molar-refractivity contribution in [3.05, 3.63) is 50.0 Å². The Kier molecular flexibility index (Phi) is 5.96. The zero-order valence-corrected chi connectivity index (χ0v) is 20.2. The van der Waals surface area contributed by atoms with Crippen molar-refractivity contribution in [3.8, 4) is 0 Å². The molecule has 32 heavy (non-hydrogen) atoms. The van der Waals surface area contributed by atoms with E-state index in [0.29, 0.717) is 17.1 Å². The van der Waals surface area contributed by atoms with Crippen LogP contribution in [0.1, 0.15) is 56.5 Å². The molecule has 1 aliphatic heterocycles. The summed E-state index contributed by atoms with van der Waals surface area (Å²) in [6.07, 6.45) is 4.33. The molecule has 1 atom stereocenters. The Morgan fingerprint density at radius 3 is 3.03 bits per heavy atom. The quantitative estimate of drug-likeness (QED) is 0.545. The van der Waals surface area contributed by atoms with Crippen molar-refractivity contribution in [1.82, 2.24) is 20.2 Å². The Balaban J connectivity index is 1.33. The van der Waals surface area contributed by atoms with Gasteiger partial charge in [0.2, 0.25) is 0 Å². The van der Waals surface area contributed by atoms with Crippen LogP contribution in [-0.2, 0) is 13.0 Å². The minimum absolute atomic E-state index is 0.183. The molecule has 0 radical (unpaired) electrons. The normalized spacial score (nSPS) is 20.4. The second-order valence-electron chi connectivity index (χ2n) is 8.47. The van der Waals surface area contributed by atoms with Gasteiger partial charge in [0.25, 0.3) is 5.91 Å². The predicted octanol–water partition coefficient (Wildman–Crippen LogP) is 4.33. The van der Waals surface area contributed by atoms with Gasteiger partial charge in [-0.2, -0.15) is 0 Å². The molecule has 0 saturated heterocycles. The van der Waals surface area contributed by atoms with Crippen molar-refractivity contribution < 1.29 is 9.59 Å². The predicted molar refractivity (Wildman–Crippen MR) is 130 cm³/mol. The van der Waals surface area contributed by atoms with E-state index in [1.165, 1.54) is 11.3 Å². The molecule has 0 spiro atoms. The average molecular weight is 514 g/mol. The van der Waals surface area contributed by atoms with Crippen LogP contribution in [0.15, 0.2) is 33.7 Å². The highest BCUT2D eigenvalue weighted by Gasteiger charge is 2.26. The molecule has 0 unspecified atom stereocenters. The standard InChI is InChI=1S/C23H24BrN5O2S/c1-29-9-8-18-20(12-29)32-23(28-18)22(31)27-17-5-3-2-4-16(17)26-21(30)19-11-13-10-14(24)6-7-15(13)25-19/h6-7,10-11,16,25H,2-5,8-9,12H2,1H3,(H,26,30)/t16-/m0/s1. The minimum atomic E-state index is -0.293. The van der Waals surface area contributed by atoms with E-state index in [1.54, 1.807) is 0 Å². The van der Waals surface area contributed by atoms with Gasteiger partial charge in [-0.15, -0.1) is 11.3 Å². The average Bonchev–Trinajstić information content (AvgIpc) is 3.38. The summed E-state index contributed by atoms with van der Waals surface area (Å²) in [5, 5.41) is 4.51. The molecule has 5 rings (SSSR count). The molecule has 1 aromatic carbocycles. The number of hydrogen-bond acceptors (Lipinski definition) is 5. The number of amides is 2. The van der Waals surface area contributed by atoms with Crippen LogP contribution in [0, 0.1) is 0 Å². The summed E-state index contributed by atoms with van der Waals surface area (Å²) in [5.74, 6) is -0.476. The van der Waals surface area contributed by atoms with E-state index < -0.39 is 0 Å². The molecule has 0 bridgehead atoms. The zero-order chi connectivity index (χ0) is 22.2. The Labute approximate surface area is 198 Å². The lowest BCUT2D eigenvalue weighted by atomic mass is 9.93. The van der Waals surface area contributed by atoms with E-state index in [-0.39, 0.29) is 17.9 Å². The first-order valence-corrected chi connectivity index (χ1v) is 12.5. The van der Waals surface area contributed by atoms with E-state index in [2.05, 4.69) is 48.2 Å². The van der Waals surface area contributed by atoms with Crippen LogP contribution in [0.2, 0.25) is 0 Å². The summed E-state index contributed by atoms with van der Waals surface area (Å²) in [6.45, 7) is 1.79. The third-order valence-electron chi connectivity index (χ3n) is 6.06. The molecule has 2 amide bonds. The molecule has 3 heterocycles. The number of likely N-dealkylation sites (N-methyl/N-ethyl adjacent to an activating group) is 1. The van der Waals surface area contributed by atoms with Crippen LogP contribution in [-0.4, -0.2) is 52.0 Å². The van der Waals surface area contributed by atoms with Crippen LogP contribution in [0.5, 0.6) is 0 Å². The van der Waals surface area contributed by atoms with Gasteiger partial charge in [-0.05, 0) is 50.6 Å². The lowest BCUT2D eigenvalue weighted by Crippen LogP contribution is -2.43. The zero-order valence-electron chi connectivity index (χ0n) is 17.8. The maximum atomic E-state index is 12.9. The highest BCUT2D eigenvalue weighted by atomic mass is 79.9. The fourth-order valence-electron chi connectivity index (χ4n) is 4.34. The second kappa shape index (κ2) is 8.88. The number of benzene rings is 1. The number of fused-ring (bicyclic) bond motifs is 2. The number of H-pyrrole nitrogens is 1. The molecular formula is C23H24BrN5O2S. The molecule has 2 N–H and O–H groups in total. The Hall–Kier alpha value is -2.36. The van der Waals surface area contributed by atoms with Gasteiger partial charge in [0.15, 0.2) is 5.01 Å². The number of carbonyl (C=O) groups excluding carboxylic acids is 2. The van der Waals surface area contributed by atoms with E-state index >= 15 is 0 Å². The smallest absolute Gasteiger partial charge is 0.305 e. The van der Waals surface area contributed by atoms with E-state index in [1.807, 2.05) is 24.3 Å². The fraction of sp³-hybridized carbons (Fsp3) is 0.391. The topological polar surface area (TPSA) is 90.4 Å². The van der Waals surface area contributed by atoms with Crippen LogP contribution < -0.4 is 5.32 Å². The highest BCUT2D eigenvalue weighted by Crippen LogP contribution is 2.26. The number of nitrogens with zero attached hydrogens (tertiary/aromatic N) is 3. The summed E-state index contributed by atoms with van der Waals surface area (Å²) in [4.78, 5) is 41.4. The number of carbonyl (C=O) groups is 2. The van der Waals surface area contributed by atoms with Gasteiger partial charge in [0.1, 0.15) is 5.69 Å². The lowest BCUT2D eigenvalue weighted by molar-refractivity contribution is 0.0935. The lowest BCUT2D eigenvalue weighted by Gasteiger charge is -2.24. The number of aromatic nitrogens is 2.